The molecular weight excluding hydrogens is 735 g/mol. The molecule has 0 spiro atoms. The Morgan fingerprint density at radius 2 is 1.02 bits per heavy atom. The van der Waals surface area contributed by atoms with Crippen LogP contribution in [-0.2, 0) is 49.5 Å². The topological polar surface area (TPSA) is 153 Å². The average molecular weight is 780 g/mol. The maximum absolute atomic E-state index is 13.6. The van der Waals surface area contributed by atoms with E-state index < -0.39 is 35.2 Å². The quantitative estimate of drug-likeness (QED) is 0.216. The molecule has 286 valence electrons. The van der Waals surface area contributed by atoms with Crippen LogP contribution in [0.1, 0.15) is 85.6 Å². The Morgan fingerprint density at radius 1 is 0.648 bits per heavy atom. The van der Waals surface area contributed by atoms with Crippen molar-refractivity contribution >= 4 is 58.6 Å². The van der Waals surface area contributed by atoms with Gasteiger partial charge in [-0.05, 0) is 53.7 Å². The number of hydrogen-bond acceptors (Lipinski definition) is 8. The van der Waals surface area contributed by atoms with Gasteiger partial charge in [-0.1, -0.05) is 47.5 Å². The van der Waals surface area contributed by atoms with Gasteiger partial charge in [0, 0.05) is 62.5 Å². The number of amides is 4. The van der Waals surface area contributed by atoms with Crippen LogP contribution in [0.3, 0.4) is 0 Å². The van der Waals surface area contributed by atoms with Gasteiger partial charge in [0.25, 0.3) is 11.8 Å². The first-order chi connectivity index (χ1) is 25.3. The molecule has 6 rings (SSSR count). The third-order valence-electron chi connectivity index (χ3n) is 9.00. The van der Waals surface area contributed by atoms with E-state index in [4.69, 9.17) is 32.7 Å². The van der Waals surface area contributed by atoms with Crippen LogP contribution in [0.2, 0.25) is 10.0 Å². The van der Waals surface area contributed by atoms with Crippen LogP contribution >= 0.6 is 23.2 Å². The van der Waals surface area contributed by atoms with Gasteiger partial charge in [0.1, 0.15) is 11.2 Å². The number of carbonyl (C=O) groups excluding carboxylic acids is 4. The fraction of sp³-hybridized carbons (Fsp3) is 0.421. The van der Waals surface area contributed by atoms with Crippen molar-refractivity contribution in [3.8, 4) is 11.1 Å². The molecular formula is C38H44Cl2N8O6. The first kappa shape index (κ1) is 38.6. The zero-order chi connectivity index (χ0) is 39.3. The molecule has 54 heavy (non-hydrogen) atoms. The van der Waals surface area contributed by atoms with Crippen LogP contribution in [0.25, 0.3) is 11.1 Å². The minimum absolute atomic E-state index is 0.170. The van der Waals surface area contributed by atoms with Crippen LogP contribution in [0, 0.1) is 0 Å². The van der Waals surface area contributed by atoms with E-state index in [1.54, 1.807) is 69.4 Å². The van der Waals surface area contributed by atoms with Crippen LogP contribution in [0.5, 0.6) is 0 Å². The highest BCUT2D eigenvalue weighted by Crippen LogP contribution is 2.40. The zero-order valence-electron chi connectivity index (χ0n) is 31.6. The van der Waals surface area contributed by atoms with Crippen molar-refractivity contribution in [2.24, 2.45) is 14.1 Å². The first-order valence-corrected chi connectivity index (χ1v) is 18.3. The smallest absolute Gasteiger partial charge is 0.410 e. The number of aromatic nitrogens is 4. The van der Waals surface area contributed by atoms with Crippen LogP contribution < -0.4 is 10.6 Å². The Balaban J connectivity index is 1.17. The summed E-state index contributed by atoms with van der Waals surface area (Å²) < 4.78 is 14.5. The lowest BCUT2D eigenvalue weighted by molar-refractivity contribution is 0.0210. The number of fused-ring (bicyclic) bond motifs is 2. The molecule has 2 aromatic carbocycles. The van der Waals surface area contributed by atoms with E-state index in [1.807, 2.05) is 41.5 Å². The van der Waals surface area contributed by atoms with Crippen molar-refractivity contribution in [2.75, 3.05) is 23.7 Å². The molecule has 4 aromatic rings. The molecule has 0 fully saturated rings. The van der Waals surface area contributed by atoms with Crippen LogP contribution in [0.15, 0.2) is 36.4 Å². The second kappa shape index (κ2) is 14.6. The Hall–Kier alpha value is -5.08. The summed E-state index contributed by atoms with van der Waals surface area (Å²) in [6.07, 6.45) is 0.170. The molecule has 4 heterocycles. The normalized spacial score (nSPS) is 14.3. The van der Waals surface area contributed by atoms with Gasteiger partial charge in [0.2, 0.25) is 0 Å². The molecule has 0 unspecified atom stereocenters. The van der Waals surface area contributed by atoms with E-state index in [0.717, 1.165) is 11.4 Å². The number of anilines is 2. The number of carbonyl (C=O) groups is 4. The highest BCUT2D eigenvalue weighted by molar-refractivity contribution is 6.40. The maximum atomic E-state index is 13.6. The van der Waals surface area contributed by atoms with E-state index in [0.29, 0.717) is 59.8 Å². The van der Waals surface area contributed by atoms with Crippen molar-refractivity contribution < 1.29 is 28.7 Å². The molecule has 0 saturated carbocycles. The number of benzene rings is 2. The van der Waals surface area contributed by atoms with Crippen molar-refractivity contribution in [2.45, 2.75) is 78.7 Å². The van der Waals surface area contributed by atoms with Crippen molar-refractivity contribution in [1.82, 2.24) is 28.9 Å². The minimum Gasteiger partial charge on any atom is -0.444 e. The average Bonchev–Trinajstić information content (AvgIpc) is 3.60. The Labute approximate surface area is 323 Å². The molecule has 0 bridgehead atoms. The van der Waals surface area contributed by atoms with Crippen molar-refractivity contribution in [3.05, 3.63) is 80.9 Å². The molecule has 16 heteroatoms. The molecule has 0 atom stereocenters. The molecule has 2 aliphatic heterocycles. The fourth-order valence-electron chi connectivity index (χ4n) is 6.46. The number of imidazole rings is 2. The fourth-order valence-corrected chi connectivity index (χ4v) is 7.01. The number of rotatable bonds is 5. The van der Waals surface area contributed by atoms with Gasteiger partial charge >= 0.3 is 12.2 Å². The lowest BCUT2D eigenvalue weighted by Gasteiger charge is -2.29. The lowest BCUT2D eigenvalue weighted by atomic mass is 10.0. The number of hydrogen-bond donors (Lipinski definition) is 2. The molecule has 14 nitrogen and oxygen atoms in total. The molecule has 0 aliphatic carbocycles. The third-order valence-corrected chi connectivity index (χ3v) is 9.82. The predicted molar refractivity (Wildman–Crippen MR) is 205 cm³/mol. The standard InChI is InChI=1S/C38H44Cl2N8O6/c1-37(2,3)53-35(51)47-17-15-27-25(19-47)41-31(45(27)7)33(49)43-23-13-9-11-21(29(23)39)22-12-10-14-24(30(22)40)44-34(50)32-42-26-20-48(18-16-28(26)46(32)8)36(52)54-38(4,5)6/h9-14H,15-20H2,1-8H3,(H,43,49)(H,44,50). The van der Waals surface area contributed by atoms with E-state index in [1.165, 1.54) is 0 Å². The zero-order valence-corrected chi connectivity index (χ0v) is 33.1. The van der Waals surface area contributed by atoms with Crippen LogP contribution in [0.4, 0.5) is 21.0 Å². The molecule has 2 N–H and O–H groups in total. The summed E-state index contributed by atoms with van der Waals surface area (Å²) in [5.41, 5.74) is 3.43. The van der Waals surface area contributed by atoms with E-state index in [-0.39, 0.29) is 34.8 Å². The minimum atomic E-state index is -0.630. The molecule has 2 aliphatic rings. The number of halogens is 2. The van der Waals surface area contributed by atoms with Gasteiger partial charge < -0.3 is 39.0 Å². The summed E-state index contributed by atoms with van der Waals surface area (Å²) in [5, 5.41) is 6.22. The Kier molecular flexibility index (Phi) is 10.5. The second-order valence-electron chi connectivity index (χ2n) is 15.3. The number of ether oxygens (including phenoxy) is 2. The summed E-state index contributed by atoms with van der Waals surface area (Å²) in [6, 6.07) is 10.3. The van der Waals surface area contributed by atoms with Gasteiger partial charge in [-0.15, -0.1) is 0 Å². The maximum Gasteiger partial charge on any atom is 0.410 e. The van der Waals surface area contributed by atoms with Gasteiger partial charge in [-0.3, -0.25) is 9.59 Å². The third kappa shape index (κ3) is 8.04. The summed E-state index contributed by atoms with van der Waals surface area (Å²) >= 11 is 13.8. The summed E-state index contributed by atoms with van der Waals surface area (Å²) in [5.74, 6) is -0.616. The first-order valence-electron chi connectivity index (χ1n) is 17.6. The SMILES string of the molecule is Cn1c(C(=O)Nc2cccc(-c3cccc(NC(=O)c4nc5c(n4C)CCN(C(=O)OC(C)(C)C)C5)c3Cl)c2Cl)nc2c1CCN(C(=O)OC(C)(C)C)C2. The summed E-state index contributed by atoms with van der Waals surface area (Å²) in [6.45, 7) is 12.2. The summed E-state index contributed by atoms with van der Waals surface area (Å²) in [7, 11) is 3.53. The van der Waals surface area contributed by atoms with Gasteiger partial charge in [-0.25, -0.2) is 19.6 Å². The predicted octanol–water partition coefficient (Wildman–Crippen LogP) is 7.22. The Morgan fingerprint density at radius 3 is 1.37 bits per heavy atom. The van der Waals surface area contributed by atoms with Crippen LogP contribution in [-0.4, -0.2) is 77.2 Å². The monoisotopic (exact) mass is 778 g/mol. The van der Waals surface area contributed by atoms with Crippen molar-refractivity contribution in [3.63, 3.8) is 0 Å². The number of nitrogens with zero attached hydrogens (tertiary/aromatic N) is 6. The molecule has 0 radical (unpaired) electrons. The van der Waals surface area contributed by atoms with Gasteiger partial charge in [0.15, 0.2) is 11.6 Å². The second-order valence-corrected chi connectivity index (χ2v) is 16.1. The van der Waals surface area contributed by atoms with E-state index >= 15 is 0 Å². The molecule has 0 saturated heterocycles. The van der Waals surface area contributed by atoms with E-state index in [9.17, 15) is 19.2 Å². The van der Waals surface area contributed by atoms with Crippen molar-refractivity contribution in [1.29, 1.82) is 0 Å². The molecule has 4 amide bonds. The number of nitrogens with one attached hydrogen (secondary N) is 2. The summed E-state index contributed by atoms with van der Waals surface area (Å²) in [4.78, 5) is 64.8. The highest BCUT2D eigenvalue weighted by Gasteiger charge is 2.32. The highest BCUT2D eigenvalue weighted by atomic mass is 35.5. The lowest BCUT2D eigenvalue weighted by Crippen LogP contribution is -2.40. The molecule has 2 aromatic heterocycles. The largest absolute Gasteiger partial charge is 0.444 e. The van der Waals surface area contributed by atoms with E-state index in [2.05, 4.69) is 20.6 Å². The Bertz CT molecular complexity index is 2010. The van der Waals surface area contributed by atoms with Gasteiger partial charge in [0.05, 0.1) is 45.9 Å². The van der Waals surface area contributed by atoms with Gasteiger partial charge in [-0.2, -0.15) is 0 Å².